The van der Waals surface area contributed by atoms with E-state index in [1.807, 2.05) is 5.01 Å². The van der Waals surface area contributed by atoms with Crippen LogP contribution >= 0.6 is 0 Å². The summed E-state index contributed by atoms with van der Waals surface area (Å²) in [4.78, 5) is 11.1. The van der Waals surface area contributed by atoms with Gasteiger partial charge in [0, 0.05) is 13.1 Å². The third-order valence-electron chi connectivity index (χ3n) is 2.09. The first-order valence-corrected chi connectivity index (χ1v) is 5.01. The molecule has 0 bridgehead atoms. The van der Waals surface area contributed by atoms with Gasteiger partial charge in [0.2, 0.25) is 0 Å². The minimum absolute atomic E-state index is 0.310. The van der Waals surface area contributed by atoms with Gasteiger partial charge in [-0.2, -0.15) is 0 Å². The predicted octanol–water partition coefficient (Wildman–Crippen LogP) is 1.52. The fourth-order valence-electron chi connectivity index (χ4n) is 1.30. The number of unbranched alkanes of at least 4 members (excludes halogenated alkanes) is 1. The van der Waals surface area contributed by atoms with Crippen molar-refractivity contribution in [3.05, 3.63) is 0 Å². The molecule has 0 atom stereocenters. The second kappa shape index (κ2) is 5.80. The van der Waals surface area contributed by atoms with Gasteiger partial charge in [0.25, 0.3) is 0 Å². The van der Waals surface area contributed by atoms with Crippen molar-refractivity contribution in [1.29, 1.82) is 0 Å². The van der Waals surface area contributed by atoms with Crippen LogP contribution in [0, 0.1) is 0 Å². The Kier molecular flexibility index (Phi) is 4.60. The molecule has 1 aliphatic heterocycles. The first-order valence-electron chi connectivity index (χ1n) is 5.01. The van der Waals surface area contributed by atoms with Crippen molar-refractivity contribution in [3.63, 3.8) is 0 Å². The molecule has 1 aliphatic rings. The molecular formula is C9H18N2O2. The Morgan fingerprint density at radius 3 is 2.77 bits per heavy atom. The van der Waals surface area contributed by atoms with E-state index in [4.69, 9.17) is 4.74 Å². The Hall–Kier alpha value is -0.770. The topological polar surface area (TPSA) is 41.6 Å². The van der Waals surface area contributed by atoms with Crippen molar-refractivity contribution < 1.29 is 9.53 Å². The molecule has 1 fully saturated rings. The molecule has 1 amide bonds. The SMILES string of the molecule is CCCCOC(=O)NN1CCCC1. The summed E-state index contributed by atoms with van der Waals surface area (Å²) in [6.07, 6.45) is 4.00. The van der Waals surface area contributed by atoms with Crippen LogP contribution in [-0.2, 0) is 4.74 Å². The lowest BCUT2D eigenvalue weighted by molar-refractivity contribution is 0.113. The highest BCUT2D eigenvalue weighted by Crippen LogP contribution is 2.03. The van der Waals surface area contributed by atoms with Crippen molar-refractivity contribution in [2.45, 2.75) is 32.6 Å². The largest absolute Gasteiger partial charge is 0.449 e. The summed E-state index contributed by atoms with van der Waals surface area (Å²) in [7, 11) is 0. The van der Waals surface area contributed by atoms with Crippen molar-refractivity contribution in [3.8, 4) is 0 Å². The van der Waals surface area contributed by atoms with Gasteiger partial charge in [0.1, 0.15) is 0 Å². The highest BCUT2D eigenvalue weighted by Gasteiger charge is 2.13. The van der Waals surface area contributed by atoms with Gasteiger partial charge in [-0.1, -0.05) is 13.3 Å². The van der Waals surface area contributed by atoms with E-state index < -0.39 is 0 Å². The van der Waals surface area contributed by atoms with Crippen LogP contribution in [0.2, 0.25) is 0 Å². The lowest BCUT2D eigenvalue weighted by atomic mass is 10.4. The summed E-state index contributed by atoms with van der Waals surface area (Å²) >= 11 is 0. The average Bonchev–Trinajstić information content (AvgIpc) is 2.57. The smallest absolute Gasteiger partial charge is 0.421 e. The van der Waals surface area contributed by atoms with E-state index in [-0.39, 0.29) is 6.09 Å². The summed E-state index contributed by atoms with van der Waals surface area (Å²) in [6, 6.07) is 0. The second-order valence-electron chi connectivity index (χ2n) is 3.30. The number of ether oxygens (including phenoxy) is 1. The van der Waals surface area contributed by atoms with E-state index in [0.717, 1.165) is 38.8 Å². The van der Waals surface area contributed by atoms with E-state index in [0.29, 0.717) is 6.61 Å². The standard InChI is InChI=1S/C9H18N2O2/c1-2-3-8-13-9(12)10-11-6-4-5-7-11/h2-8H2,1H3,(H,10,12). The number of hydrazine groups is 1. The van der Waals surface area contributed by atoms with E-state index >= 15 is 0 Å². The van der Waals surface area contributed by atoms with Gasteiger partial charge in [-0.3, -0.25) is 5.43 Å². The van der Waals surface area contributed by atoms with Crippen LogP contribution in [0.5, 0.6) is 0 Å². The first kappa shape index (κ1) is 10.3. The molecule has 0 aromatic rings. The number of nitrogens with zero attached hydrogens (tertiary/aromatic N) is 1. The number of carbonyl (C=O) groups is 1. The van der Waals surface area contributed by atoms with Crippen LogP contribution in [-0.4, -0.2) is 30.8 Å². The van der Waals surface area contributed by atoms with Crippen molar-refractivity contribution in [2.75, 3.05) is 19.7 Å². The van der Waals surface area contributed by atoms with Crippen LogP contribution < -0.4 is 5.43 Å². The third-order valence-corrected chi connectivity index (χ3v) is 2.09. The summed E-state index contributed by atoms with van der Waals surface area (Å²) in [5.74, 6) is 0. The Balaban J connectivity index is 2.02. The highest BCUT2D eigenvalue weighted by atomic mass is 16.6. The van der Waals surface area contributed by atoms with Crippen LogP contribution in [0.4, 0.5) is 4.79 Å². The monoisotopic (exact) mass is 186 g/mol. The molecule has 0 aliphatic carbocycles. The minimum Gasteiger partial charge on any atom is -0.449 e. The molecule has 4 heteroatoms. The summed E-state index contributed by atoms with van der Waals surface area (Å²) in [5, 5.41) is 1.91. The molecule has 0 unspecified atom stereocenters. The van der Waals surface area contributed by atoms with Crippen LogP contribution in [0.1, 0.15) is 32.6 Å². The lowest BCUT2D eigenvalue weighted by Gasteiger charge is -2.15. The highest BCUT2D eigenvalue weighted by molar-refractivity contribution is 5.66. The number of rotatable bonds is 4. The van der Waals surface area contributed by atoms with Gasteiger partial charge in [0.15, 0.2) is 0 Å². The normalized spacial score (nSPS) is 17.3. The minimum atomic E-state index is -0.310. The molecule has 0 aromatic carbocycles. The number of nitrogens with one attached hydrogen (secondary N) is 1. The molecule has 1 rings (SSSR count). The fraction of sp³-hybridized carbons (Fsp3) is 0.889. The van der Waals surface area contributed by atoms with Crippen molar-refractivity contribution >= 4 is 6.09 Å². The molecule has 1 saturated heterocycles. The van der Waals surface area contributed by atoms with Crippen molar-refractivity contribution in [1.82, 2.24) is 10.4 Å². The average molecular weight is 186 g/mol. The quantitative estimate of drug-likeness (QED) is 0.677. The van der Waals surface area contributed by atoms with Gasteiger partial charge >= 0.3 is 6.09 Å². The van der Waals surface area contributed by atoms with Crippen molar-refractivity contribution in [2.24, 2.45) is 0 Å². The lowest BCUT2D eigenvalue weighted by Crippen LogP contribution is -2.40. The second-order valence-corrected chi connectivity index (χ2v) is 3.30. The van der Waals surface area contributed by atoms with Gasteiger partial charge in [-0.05, 0) is 19.3 Å². The Morgan fingerprint density at radius 2 is 2.15 bits per heavy atom. The molecule has 1 N–H and O–H groups in total. The molecule has 0 aromatic heterocycles. The molecule has 0 radical (unpaired) electrons. The Labute approximate surface area is 79.2 Å². The molecule has 0 spiro atoms. The zero-order chi connectivity index (χ0) is 9.52. The zero-order valence-corrected chi connectivity index (χ0v) is 8.21. The van der Waals surface area contributed by atoms with E-state index in [2.05, 4.69) is 12.3 Å². The van der Waals surface area contributed by atoms with Crippen LogP contribution in [0.15, 0.2) is 0 Å². The van der Waals surface area contributed by atoms with Crippen LogP contribution in [0.25, 0.3) is 0 Å². The zero-order valence-electron chi connectivity index (χ0n) is 8.21. The van der Waals surface area contributed by atoms with Gasteiger partial charge < -0.3 is 4.74 Å². The number of carbonyl (C=O) groups excluding carboxylic acids is 1. The van der Waals surface area contributed by atoms with Crippen LogP contribution in [0.3, 0.4) is 0 Å². The van der Waals surface area contributed by atoms with Gasteiger partial charge in [0.05, 0.1) is 6.61 Å². The molecular weight excluding hydrogens is 168 g/mol. The van der Waals surface area contributed by atoms with Gasteiger partial charge in [-0.15, -0.1) is 0 Å². The third kappa shape index (κ3) is 4.12. The molecule has 76 valence electrons. The molecule has 4 nitrogen and oxygen atoms in total. The maximum Gasteiger partial charge on any atom is 0.421 e. The summed E-state index contributed by atoms with van der Waals surface area (Å²) < 4.78 is 4.95. The number of hydrogen-bond acceptors (Lipinski definition) is 3. The first-order chi connectivity index (χ1) is 6.33. The van der Waals surface area contributed by atoms with E-state index in [9.17, 15) is 4.79 Å². The predicted molar refractivity (Wildman–Crippen MR) is 50.2 cm³/mol. The van der Waals surface area contributed by atoms with Gasteiger partial charge in [-0.25, -0.2) is 9.80 Å². The van der Waals surface area contributed by atoms with E-state index in [1.165, 1.54) is 0 Å². The Morgan fingerprint density at radius 1 is 1.46 bits per heavy atom. The number of amides is 1. The fourth-order valence-corrected chi connectivity index (χ4v) is 1.30. The Bertz CT molecular complexity index is 156. The number of hydrogen-bond donors (Lipinski definition) is 1. The maximum atomic E-state index is 11.1. The summed E-state index contributed by atoms with van der Waals surface area (Å²) in [6.45, 7) is 4.49. The maximum absolute atomic E-state index is 11.1. The van der Waals surface area contributed by atoms with E-state index in [1.54, 1.807) is 0 Å². The molecule has 1 heterocycles. The summed E-state index contributed by atoms with van der Waals surface area (Å²) in [5.41, 5.74) is 2.71. The molecule has 13 heavy (non-hydrogen) atoms. The molecule has 0 saturated carbocycles.